The molecule has 0 radical (unpaired) electrons. The number of carbonyl (C=O) groups is 1. The number of amides is 2. The minimum atomic E-state index is -4.69. The predicted octanol–water partition coefficient (Wildman–Crippen LogP) is 6.67. The van der Waals surface area contributed by atoms with Gasteiger partial charge in [0.25, 0.3) is 0 Å². The first kappa shape index (κ1) is 24.8. The van der Waals surface area contributed by atoms with Crippen molar-refractivity contribution in [1.82, 2.24) is 15.1 Å². The van der Waals surface area contributed by atoms with Gasteiger partial charge < -0.3 is 9.32 Å². The molecule has 0 atom stereocenters. The Balaban J connectivity index is 1.58. The largest absolute Gasteiger partial charge is 0.470 e. The molecule has 0 N–H and O–H groups in total. The fourth-order valence-corrected chi connectivity index (χ4v) is 4.06. The van der Waals surface area contributed by atoms with Crippen molar-refractivity contribution in [1.29, 1.82) is 0 Å². The molecule has 0 aliphatic carbocycles. The van der Waals surface area contributed by atoms with Crippen LogP contribution in [-0.4, -0.2) is 34.2 Å². The molecule has 1 saturated heterocycles. The molecule has 0 unspecified atom stereocenters. The molecule has 9 heteroatoms. The van der Waals surface area contributed by atoms with Gasteiger partial charge in [-0.05, 0) is 60.1 Å². The number of benzene rings is 2. The van der Waals surface area contributed by atoms with Crippen molar-refractivity contribution in [2.75, 3.05) is 18.0 Å². The lowest BCUT2D eigenvalue weighted by molar-refractivity contribution is -0.156. The number of hydrogen-bond acceptors (Lipinski definition) is 4. The lowest BCUT2D eigenvalue weighted by atomic mass is 9.87. The van der Waals surface area contributed by atoms with E-state index in [0.717, 1.165) is 43.6 Å². The van der Waals surface area contributed by atoms with Crippen LogP contribution >= 0.6 is 0 Å². The van der Waals surface area contributed by atoms with Crippen molar-refractivity contribution in [3.8, 4) is 11.5 Å². The summed E-state index contributed by atoms with van der Waals surface area (Å²) in [6.07, 6.45) is -1.59. The Labute approximate surface area is 202 Å². The van der Waals surface area contributed by atoms with Gasteiger partial charge in [-0.25, -0.2) is 4.79 Å². The van der Waals surface area contributed by atoms with E-state index in [1.54, 1.807) is 29.2 Å². The average molecular weight is 487 g/mol. The molecule has 0 saturated carbocycles. The third kappa shape index (κ3) is 5.83. The summed E-state index contributed by atoms with van der Waals surface area (Å²) in [5.74, 6) is -1.59. The van der Waals surface area contributed by atoms with E-state index in [2.05, 4.69) is 31.0 Å². The van der Waals surface area contributed by atoms with Gasteiger partial charge in [-0.2, -0.15) is 13.2 Å². The average Bonchev–Trinajstić information content (AvgIpc) is 3.34. The lowest BCUT2D eigenvalue weighted by Crippen LogP contribution is -2.45. The SMILES string of the molecule is CC(C)(C)c1ccc(N(Cc2ccc(-c3nnc(C(F)(F)F)o3)cc2)C(=O)N2CCCCC2)cc1. The maximum absolute atomic E-state index is 13.5. The zero-order chi connectivity index (χ0) is 25.2. The van der Waals surface area contributed by atoms with E-state index in [0.29, 0.717) is 12.1 Å². The van der Waals surface area contributed by atoms with Crippen LogP contribution in [0.2, 0.25) is 0 Å². The number of alkyl halides is 3. The molecule has 6 nitrogen and oxygen atoms in total. The number of halogens is 3. The Morgan fingerprint density at radius 1 is 0.943 bits per heavy atom. The molecule has 3 aromatic rings. The van der Waals surface area contributed by atoms with E-state index in [1.165, 1.54) is 5.56 Å². The summed E-state index contributed by atoms with van der Waals surface area (Å²) < 4.78 is 43.1. The van der Waals surface area contributed by atoms with Gasteiger partial charge >= 0.3 is 18.1 Å². The number of likely N-dealkylation sites (tertiary alicyclic amines) is 1. The predicted molar refractivity (Wildman–Crippen MR) is 127 cm³/mol. The Bertz CT molecular complexity index is 1140. The molecule has 35 heavy (non-hydrogen) atoms. The Morgan fingerprint density at radius 3 is 2.11 bits per heavy atom. The van der Waals surface area contributed by atoms with Crippen molar-refractivity contribution >= 4 is 11.7 Å². The molecule has 2 amide bonds. The summed E-state index contributed by atoms with van der Waals surface area (Å²) >= 11 is 0. The summed E-state index contributed by atoms with van der Waals surface area (Å²) in [5.41, 5.74) is 3.17. The number of aromatic nitrogens is 2. The van der Waals surface area contributed by atoms with Crippen LogP contribution in [0.4, 0.5) is 23.7 Å². The zero-order valence-corrected chi connectivity index (χ0v) is 20.1. The molecule has 1 aliphatic rings. The van der Waals surface area contributed by atoms with E-state index >= 15 is 0 Å². The highest BCUT2D eigenvalue weighted by molar-refractivity contribution is 5.92. The molecule has 4 rings (SSSR count). The van der Waals surface area contributed by atoms with E-state index in [1.807, 2.05) is 29.2 Å². The Kier molecular flexibility index (Phi) is 6.87. The first-order chi connectivity index (χ1) is 16.5. The van der Waals surface area contributed by atoms with Crippen molar-refractivity contribution in [3.05, 3.63) is 65.5 Å². The minimum absolute atomic E-state index is 0.00318. The van der Waals surface area contributed by atoms with Gasteiger partial charge in [0.2, 0.25) is 5.89 Å². The molecular weight excluding hydrogens is 457 g/mol. The summed E-state index contributed by atoms with van der Waals surface area (Å²) in [4.78, 5) is 17.1. The second-order valence-corrected chi connectivity index (χ2v) is 9.82. The van der Waals surface area contributed by atoms with Gasteiger partial charge in [-0.3, -0.25) is 4.90 Å². The van der Waals surface area contributed by atoms with Crippen LogP contribution in [-0.2, 0) is 18.1 Å². The van der Waals surface area contributed by atoms with Crippen LogP contribution in [0.3, 0.4) is 0 Å². The monoisotopic (exact) mass is 486 g/mol. The topological polar surface area (TPSA) is 62.5 Å². The maximum atomic E-state index is 13.5. The minimum Gasteiger partial charge on any atom is -0.413 e. The second-order valence-electron chi connectivity index (χ2n) is 9.82. The van der Waals surface area contributed by atoms with Crippen LogP contribution in [0.1, 0.15) is 57.1 Å². The fraction of sp³-hybridized carbons (Fsp3) is 0.423. The molecule has 2 heterocycles. The van der Waals surface area contributed by atoms with Gasteiger partial charge in [-0.1, -0.05) is 45.0 Å². The summed E-state index contributed by atoms with van der Waals surface area (Å²) in [6.45, 7) is 8.20. The first-order valence-corrected chi connectivity index (χ1v) is 11.7. The number of hydrogen-bond donors (Lipinski definition) is 0. The lowest BCUT2D eigenvalue weighted by Gasteiger charge is -2.33. The van der Waals surface area contributed by atoms with Gasteiger partial charge in [0.15, 0.2) is 0 Å². The van der Waals surface area contributed by atoms with E-state index < -0.39 is 12.1 Å². The van der Waals surface area contributed by atoms with Gasteiger partial charge in [0.05, 0.1) is 6.54 Å². The smallest absolute Gasteiger partial charge is 0.413 e. The number of urea groups is 1. The van der Waals surface area contributed by atoms with Gasteiger partial charge in [0, 0.05) is 24.3 Å². The van der Waals surface area contributed by atoms with Crippen molar-refractivity contribution < 1.29 is 22.4 Å². The van der Waals surface area contributed by atoms with Crippen LogP contribution in [0.25, 0.3) is 11.5 Å². The third-order valence-corrected chi connectivity index (χ3v) is 6.11. The van der Waals surface area contributed by atoms with Gasteiger partial charge in [0.1, 0.15) is 0 Å². The quantitative estimate of drug-likeness (QED) is 0.413. The van der Waals surface area contributed by atoms with Crippen LogP contribution in [0.15, 0.2) is 52.9 Å². The molecule has 2 aromatic carbocycles. The number of rotatable bonds is 4. The van der Waals surface area contributed by atoms with Crippen molar-refractivity contribution in [3.63, 3.8) is 0 Å². The summed E-state index contributed by atoms with van der Waals surface area (Å²) in [6, 6.07) is 14.7. The summed E-state index contributed by atoms with van der Waals surface area (Å²) in [7, 11) is 0. The first-order valence-electron chi connectivity index (χ1n) is 11.7. The van der Waals surface area contributed by atoms with Crippen LogP contribution in [0, 0.1) is 0 Å². The third-order valence-electron chi connectivity index (χ3n) is 6.11. The van der Waals surface area contributed by atoms with Crippen LogP contribution in [0.5, 0.6) is 0 Å². The van der Waals surface area contributed by atoms with E-state index in [9.17, 15) is 18.0 Å². The highest BCUT2D eigenvalue weighted by atomic mass is 19.4. The molecule has 0 bridgehead atoms. The normalized spacial score (nSPS) is 14.7. The Morgan fingerprint density at radius 2 is 1.57 bits per heavy atom. The molecular formula is C26H29F3N4O2. The second kappa shape index (κ2) is 9.71. The van der Waals surface area contributed by atoms with Crippen molar-refractivity contribution in [2.45, 2.75) is 58.2 Å². The van der Waals surface area contributed by atoms with E-state index in [4.69, 9.17) is 4.42 Å². The molecule has 1 aliphatic heterocycles. The highest BCUT2D eigenvalue weighted by Crippen LogP contribution is 2.31. The number of nitrogens with zero attached hydrogens (tertiary/aromatic N) is 4. The molecule has 0 spiro atoms. The summed E-state index contributed by atoms with van der Waals surface area (Å²) in [5, 5.41) is 6.57. The standard InChI is InChI=1S/C26H29F3N4O2/c1-25(2,3)20-11-13-21(14-12-20)33(24(34)32-15-5-4-6-16-32)17-18-7-9-19(10-8-18)22-30-31-23(35-22)26(27,28)29/h7-14H,4-6,15-17H2,1-3H3. The molecule has 186 valence electrons. The number of anilines is 1. The molecule has 1 aromatic heterocycles. The fourth-order valence-electron chi connectivity index (χ4n) is 4.06. The Hall–Kier alpha value is -3.36. The molecule has 1 fully saturated rings. The van der Waals surface area contributed by atoms with E-state index in [-0.39, 0.29) is 17.3 Å². The van der Waals surface area contributed by atoms with Crippen LogP contribution < -0.4 is 4.90 Å². The maximum Gasteiger partial charge on any atom is 0.470 e. The highest BCUT2D eigenvalue weighted by Gasteiger charge is 2.38. The van der Waals surface area contributed by atoms with Gasteiger partial charge in [-0.15, -0.1) is 10.2 Å². The number of piperidine rings is 1. The van der Waals surface area contributed by atoms with Crippen molar-refractivity contribution in [2.24, 2.45) is 0 Å². The number of carbonyl (C=O) groups excluding carboxylic acids is 1. The zero-order valence-electron chi connectivity index (χ0n) is 20.1.